The number of likely N-dealkylation sites (tertiary alicyclic amines) is 1. The van der Waals surface area contributed by atoms with Crippen molar-refractivity contribution in [2.75, 3.05) is 33.4 Å². The molecule has 1 saturated heterocycles. The van der Waals surface area contributed by atoms with Crippen LogP contribution in [0.4, 0.5) is 0 Å². The third kappa shape index (κ3) is 4.27. The van der Waals surface area contributed by atoms with E-state index in [-0.39, 0.29) is 5.56 Å². The number of aromatic nitrogens is 2. The fourth-order valence-corrected chi connectivity index (χ4v) is 3.82. The molecule has 1 aliphatic rings. The molecule has 4 rings (SSSR count). The van der Waals surface area contributed by atoms with Crippen LogP contribution in [0.25, 0.3) is 22.3 Å². The summed E-state index contributed by atoms with van der Waals surface area (Å²) in [5.74, 6) is 2.14. The van der Waals surface area contributed by atoms with Gasteiger partial charge in [-0.3, -0.25) is 9.36 Å². The molecule has 1 aromatic heterocycles. The predicted octanol–water partition coefficient (Wildman–Crippen LogP) is 3.47. The van der Waals surface area contributed by atoms with Crippen LogP contribution in [0, 0.1) is 0 Å². The quantitative estimate of drug-likeness (QED) is 0.575. The molecule has 1 aliphatic heterocycles. The lowest BCUT2D eigenvalue weighted by molar-refractivity contribution is 0.263. The molecule has 1 fully saturated rings. The average molecular weight is 393 g/mol. The van der Waals surface area contributed by atoms with Crippen LogP contribution in [-0.4, -0.2) is 47.8 Å². The van der Waals surface area contributed by atoms with Crippen molar-refractivity contribution >= 4 is 10.9 Å². The zero-order valence-corrected chi connectivity index (χ0v) is 17.1. The number of methoxy groups -OCH3 is 1. The van der Waals surface area contributed by atoms with E-state index in [4.69, 9.17) is 14.5 Å². The Morgan fingerprint density at radius 1 is 1.03 bits per heavy atom. The van der Waals surface area contributed by atoms with Gasteiger partial charge in [0.15, 0.2) is 0 Å². The first kappa shape index (κ1) is 19.5. The average Bonchev–Trinajstić information content (AvgIpc) is 3.27. The summed E-state index contributed by atoms with van der Waals surface area (Å²) in [6, 6.07) is 13.1. The Kier molecular flexibility index (Phi) is 5.81. The predicted molar refractivity (Wildman–Crippen MR) is 115 cm³/mol. The number of hydrogen-bond acceptors (Lipinski definition) is 5. The molecular weight excluding hydrogens is 366 g/mol. The summed E-state index contributed by atoms with van der Waals surface area (Å²) < 4.78 is 12.7. The second kappa shape index (κ2) is 8.66. The third-order valence-electron chi connectivity index (χ3n) is 5.48. The van der Waals surface area contributed by atoms with E-state index in [0.717, 1.165) is 24.3 Å². The minimum atomic E-state index is -0.0742. The van der Waals surface area contributed by atoms with Gasteiger partial charge in [-0.25, -0.2) is 4.98 Å². The van der Waals surface area contributed by atoms with Gasteiger partial charge in [0.05, 0.1) is 24.6 Å². The topological polar surface area (TPSA) is 56.6 Å². The van der Waals surface area contributed by atoms with Crippen LogP contribution in [0.1, 0.15) is 19.3 Å². The second-order valence-electron chi connectivity index (χ2n) is 7.46. The zero-order chi connectivity index (χ0) is 20.2. The highest BCUT2D eigenvalue weighted by Gasteiger charge is 2.12. The van der Waals surface area contributed by atoms with Crippen molar-refractivity contribution < 1.29 is 9.47 Å². The Hall–Kier alpha value is -2.86. The SMILES string of the molecule is COc1ccc2c(=O)n(C)c(-c3ccc(OCCCN4CCCC4)cc3)nc2c1. The highest BCUT2D eigenvalue weighted by atomic mass is 16.5. The Morgan fingerprint density at radius 2 is 1.76 bits per heavy atom. The van der Waals surface area contributed by atoms with Gasteiger partial charge in [-0.05, 0) is 68.8 Å². The summed E-state index contributed by atoms with van der Waals surface area (Å²) >= 11 is 0. The molecule has 0 N–H and O–H groups in total. The standard InChI is InChI=1S/C23H27N3O3/c1-25-22(24-21-16-19(28-2)10-11-20(21)23(25)27)17-6-8-18(9-7-17)29-15-5-14-26-12-3-4-13-26/h6-11,16H,3-5,12-15H2,1-2H3. The monoisotopic (exact) mass is 393 g/mol. The van der Waals surface area contributed by atoms with Gasteiger partial charge in [0, 0.05) is 25.2 Å². The Balaban J connectivity index is 1.48. The normalized spacial score (nSPS) is 14.4. The fourth-order valence-electron chi connectivity index (χ4n) is 3.82. The Bertz CT molecular complexity index is 1040. The molecule has 29 heavy (non-hydrogen) atoms. The number of benzene rings is 2. The van der Waals surface area contributed by atoms with Gasteiger partial charge in [-0.1, -0.05) is 0 Å². The van der Waals surface area contributed by atoms with Crippen LogP contribution in [0.3, 0.4) is 0 Å². The molecule has 0 radical (unpaired) electrons. The van der Waals surface area contributed by atoms with E-state index in [2.05, 4.69) is 4.90 Å². The van der Waals surface area contributed by atoms with Crippen LogP contribution in [0.15, 0.2) is 47.3 Å². The molecule has 0 amide bonds. The highest BCUT2D eigenvalue weighted by molar-refractivity contribution is 5.81. The lowest BCUT2D eigenvalue weighted by Crippen LogP contribution is -2.21. The number of nitrogens with zero attached hydrogens (tertiary/aromatic N) is 3. The maximum atomic E-state index is 12.7. The molecule has 0 saturated carbocycles. The highest BCUT2D eigenvalue weighted by Crippen LogP contribution is 2.23. The van der Waals surface area contributed by atoms with Gasteiger partial charge in [0.25, 0.3) is 5.56 Å². The number of rotatable bonds is 7. The van der Waals surface area contributed by atoms with Gasteiger partial charge >= 0.3 is 0 Å². The summed E-state index contributed by atoms with van der Waals surface area (Å²) in [4.78, 5) is 19.9. The van der Waals surface area contributed by atoms with E-state index in [1.165, 1.54) is 25.9 Å². The van der Waals surface area contributed by atoms with Gasteiger partial charge in [-0.2, -0.15) is 0 Å². The van der Waals surface area contributed by atoms with Gasteiger partial charge < -0.3 is 14.4 Å². The lowest BCUT2D eigenvalue weighted by Gasteiger charge is -2.14. The van der Waals surface area contributed by atoms with Crippen molar-refractivity contribution in [2.24, 2.45) is 7.05 Å². The summed E-state index contributed by atoms with van der Waals surface area (Å²) in [5, 5.41) is 0.579. The molecule has 0 atom stereocenters. The minimum absolute atomic E-state index is 0.0742. The van der Waals surface area contributed by atoms with Crippen molar-refractivity contribution in [3.05, 3.63) is 52.8 Å². The van der Waals surface area contributed by atoms with E-state index in [0.29, 0.717) is 29.1 Å². The molecule has 0 unspecified atom stereocenters. The molecule has 0 aliphatic carbocycles. The summed E-state index contributed by atoms with van der Waals surface area (Å²) in [7, 11) is 3.35. The smallest absolute Gasteiger partial charge is 0.261 e. The first-order valence-electron chi connectivity index (χ1n) is 10.2. The van der Waals surface area contributed by atoms with Gasteiger partial charge in [-0.15, -0.1) is 0 Å². The number of ether oxygens (including phenoxy) is 2. The Labute approximate surface area is 170 Å². The van der Waals surface area contributed by atoms with Crippen molar-refractivity contribution in [1.82, 2.24) is 14.5 Å². The molecule has 0 spiro atoms. The molecule has 152 valence electrons. The van der Waals surface area contributed by atoms with Crippen molar-refractivity contribution in [3.63, 3.8) is 0 Å². The van der Waals surface area contributed by atoms with Gasteiger partial charge in [0.1, 0.15) is 17.3 Å². The fraction of sp³-hybridized carbons (Fsp3) is 0.391. The van der Waals surface area contributed by atoms with E-state index in [1.54, 1.807) is 36.9 Å². The molecule has 3 aromatic rings. The van der Waals surface area contributed by atoms with Crippen molar-refractivity contribution in [3.8, 4) is 22.9 Å². The van der Waals surface area contributed by atoms with Crippen LogP contribution in [0.2, 0.25) is 0 Å². The van der Waals surface area contributed by atoms with E-state index in [9.17, 15) is 4.79 Å². The summed E-state index contributed by atoms with van der Waals surface area (Å²) in [6.07, 6.45) is 3.67. The molecule has 2 aromatic carbocycles. The summed E-state index contributed by atoms with van der Waals surface area (Å²) in [5.41, 5.74) is 1.43. The van der Waals surface area contributed by atoms with Crippen LogP contribution in [-0.2, 0) is 7.05 Å². The molecule has 6 heteroatoms. The van der Waals surface area contributed by atoms with Gasteiger partial charge in [0.2, 0.25) is 0 Å². The van der Waals surface area contributed by atoms with Crippen LogP contribution in [0.5, 0.6) is 11.5 Å². The molecule has 2 heterocycles. The Morgan fingerprint density at radius 3 is 2.48 bits per heavy atom. The molecular formula is C23H27N3O3. The van der Waals surface area contributed by atoms with Crippen molar-refractivity contribution in [1.29, 1.82) is 0 Å². The summed E-state index contributed by atoms with van der Waals surface area (Å²) in [6.45, 7) is 4.25. The van der Waals surface area contributed by atoms with E-state index < -0.39 is 0 Å². The van der Waals surface area contributed by atoms with Crippen molar-refractivity contribution in [2.45, 2.75) is 19.3 Å². The first-order valence-corrected chi connectivity index (χ1v) is 10.2. The molecule has 0 bridgehead atoms. The minimum Gasteiger partial charge on any atom is -0.497 e. The van der Waals surface area contributed by atoms with Crippen LogP contribution < -0.4 is 15.0 Å². The number of hydrogen-bond donors (Lipinski definition) is 0. The maximum Gasteiger partial charge on any atom is 0.261 e. The maximum absolute atomic E-state index is 12.7. The largest absolute Gasteiger partial charge is 0.497 e. The van der Waals surface area contributed by atoms with E-state index in [1.807, 2.05) is 24.3 Å². The second-order valence-corrected chi connectivity index (χ2v) is 7.46. The third-order valence-corrected chi connectivity index (χ3v) is 5.48. The lowest BCUT2D eigenvalue weighted by atomic mass is 10.1. The van der Waals surface area contributed by atoms with E-state index >= 15 is 0 Å². The molecule has 6 nitrogen and oxygen atoms in total. The first-order chi connectivity index (χ1) is 14.2. The number of fused-ring (bicyclic) bond motifs is 1. The van der Waals surface area contributed by atoms with Crippen LogP contribution >= 0.6 is 0 Å². The zero-order valence-electron chi connectivity index (χ0n) is 17.1.